The highest BCUT2D eigenvalue weighted by atomic mass is 32.1. The Kier molecular flexibility index (Phi) is 20.3. The van der Waals surface area contributed by atoms with Gasteiger partial charge >= 0.3 is 0 Å². The molecule has 6 aromatic heterocycles. The third-order valence-corrected chi connectivity index (χ3v) is 24.2. The van der Waals surface area contributed by atoms with Gasteiger partial charge in [0, 0.05) is 91.8 Å². The number of fused-ring (bicyclic) bond motifs is 10. The van der Waals surface area contributed by atoms with Crippen LogP contribution in [0.15, 0.2) is 452 Å². The summed E-state index contributed by atoms with van der Waals surface area (Å²) in [5.41, 5.74) is 23.2. The Morgan fingerprint density at radius 2 is 0.378 bits per heavy atom. The molecule has 12 heteroatoms. The number of nitrogens with zero attached hydrogens (tertiary/aromatic N) is 9. The second-order valence-electron chi connectivity index (χ2n) is 31.1. The molecule has 0 atom stereocenters. The van der Waals surface area contributed by atoms with Crippen molar-refractivity contribution in [3.05, 3.63) is 443 Å². The molecule has 0 bridgehead atoms. The van der Waals surface area contributed by atoms with Crippen LogP contribution < -0.4 is 0 Å². The molecule has 0 spiro atoms. The molecule has 6 heterocycles. The van der Waals surface area contributed by atoms with Crippen molar-refractivity contribution < 1.29 is 8.83 Å². The fourth-order valence-electron chi connectivity index (χ4n) is 16.4. The van der Waals surface area contributed by atoms with Crippen molar-refractivity contribution >= 4 is 86.2 Å². The van der Waals surface area contributed by atoms with Crippen LogP contribution in [0.2, 0.25) is 0 Å². The van der Waals surface area contributed by atoms with Crippen LogP contribution in [-0.4, -0.2) is 44.9 Å². The third kappa shape index (κ3) is 15.8. The average molecular weight is 1640 g/mol. The van der Waals surface area contributed by atoms with Gasteiger partial charge in [-0.05, 0) is 127 Å². The summed E-state index contributed by atoms with van der Waals surface area (Å²) >= 11 is 1.80. The van der Waals surface area contributed by atoms with E-state index in [2.05, 4.69) is 340 Å². The normalized spacial score (nSPS) is 11.3. The molecule has 0 aliphatic carbocycles. The van der Waals surface area contributed by atoms with E-state index < -0.39 is 0 Å². The van der Waals surface area contributed by atoms with Crippen LogP contribution >= 0.6 is 11.3 Å². The van der Waals surface area contributed by atoms with E-state index in [4.69, 9.17) is 53.7 Å². The van der Waals surface area contributed by atoms with Crippen LogP contribution in [0.1, 0.15) is 0 Å². The fraction of sp³-hybridized carbons (Fsp3) is 0. The molecule has 0 amide bonds. The molecule has 18 aromatic carbocycles. The first-order valence-corrected chi connectivity index (χ1v) is 43.0. The van der Waals surface area contributed by atoms with Gasteiger partial charge in [-0.1, -0.05) is 382 Å². The van der Waals surface area contributed by atoms with Crippen molar-refractivity contribution in [3.8, 4) is 158 Å². The van der Waals surface area contributed by atoms with E-state index in [1.165, 1.54) is 53.2 Å². The average Bonchev–Trinajstić information content (AvgIpc) is 1.70. The maximum atomic E-state index is 6.19. The molecular formula is C115H73N9O2S. The lowest BCUT2D eigenvalue weighted by Crippen LogP contribution is -2.00. The maximum Gasteiger partial charge on any atom is 0.164 e. The van der Waals surface area contributed by atoms with Gasteiger partial charge in [0.25, 0.3) is 0 Å². The molecule has 0 unspecified atom stereocenters. The molecule has 596 valence electrons. The Hall–Kier alpha value is -16.9. The molecule has 24 aromatic rings. The van der Waals surface area contributed by atoms with E-state index in [1.54, 1.807) is 11.3 Å². The van der Waals surface area contributed by atoms with Gasteiger partial charge in [0.1, 0.15) is 22.3 Å². The quantitative estimate of drug-likeness (QED) is 0.103. The molecular weight excluding hydrogens is 1570 g/mol. The van der Waals surface area contributed by atoms with Crippen LogP contribution in [0, 0.1) is 0 Å². The lowest BCUT2D eigenvalue weighted by atomic mass is 10.00. The van der Waals surface area contributed by atoms with E-state index >= 15 is 0 Å². The van der Waals surface area contributed by atoms with Crippen molar-refractivity contribution in [2.75, 3.05) is 0 Å². The van der Waals surface area contributed by atoms with E-state index in [-0.39, 0.29) is 0 Å². The molecule has 0 N–H and O–H groups in total. The Labute approximate surface area is 735 Å². The number of rotatable bonds is 14. The molecule has 0 fully saturated rings. The zero-order valence-electron chi connectivity index (χ0n) is 68.4. The minimum Gasteiger partial charge on any atom is -0.456 e. The lowest BCUT2D eigenvalue weighted by molar-refractivity contribution is 0.668. The first-order chi connectivity index (χ1) is 62.8. The topological polar surface area (TPSA) is 142 Å². The van der Waals surface area contributed by atoms with E-state index in [1.807, 2.05) is 103 Å². The number of aromatic nitrogens is 9. The Bertz CT molecular complexity index is 8050. The van der Waals surface area contributed by atoms with Crippen LogP contribution in [-0.2, 0) is 0 Å². The predicted octanol–water partition coefficient (Wildman–Crippen LogP) is 30.3. The second-order valence-corrected chi connectivity index (χ2v) is 32.2. The number of benzene rings is 18. The van der Waals surface area contributed by atoms with Crippen molar-refractivity contribution in [1.82, 2.24) is 44.9 Å². The van der Waals surface area contributed by atoms with Crippen molar-refractivity contribution in [1.29, 1.82) is 0 Å². The van der Waals surface area contributed by atoms with Crippen LogP contribution in [0.3, 0.4) is 0 Å². The van der Waals surface area contributed by atoms with Gasteiger partial charge in [-0.15, -0.1) is 11.3 Å². The Morgan fingerprint density at radius 3 is 0.803 bits per heavy atom. The minimum atomic E-state index is 0.597. The maximum absolute atomic E-state index is 6.19. The molecule has 0 saturated heterocycles. The summed E-state index contributed by atoms with van der Waals surface area (Å²) in [7, 11) is 0. The molecule has 0 saturated carbocycles. The summed E-state index contributed by atoms with van der Waals surface area (Å²) in [4.78, 5) is 44.7. The number of thiophene rings is 1. The summed E-state index contributed by atoms with van der Waals surface area (Å²) in [5, 5.41) is 9.35. The molecule has 0 aliphatic rings. The predicted molar refractivity (Wildman–Crippen MR) is 521 cm³/mol. The summed E-state index contributed by atoms with van der Waals surface area (Å²) in [5.74, 6) is 5.68. The summed E-state index contributed by atoms with van der Waals surface area (Å²) < 4.78 is 14.9. The van der Waals surface area contributed by atoms with Gasteiger partial charge in [-0.2, -0.15) is 0 Å². The zero-order valence-corrected chi connectivity index (χ0v) is 69.2. The zero-order chi connectivity index (χ0) is 84.4. The lowest BCUT2D eigenvalue weighted by Gasteiger charge is -2.10. The number of hydrogen-bond acceptors (Lipinski definition) is 12. The van der Waals surface area contributed by atoms with E-state index in [0.717, 1.165) is 127 Å². The van der Waals surface area contributed by atoms with Gasteiger partial charge in [0.2, 0.25) is 0 Å². The number of hydrogen-bond donors (Lipinski definition) is 0. The summed E-state index contributed by atoms with van der Waals surface area (Å²) in [6.07, 6.45) is 0. The van der Waals surface area contributed by atoms with Crippen LogP contribution in [0.25, 0.3) is 233 Å². The van der Waals surface area contributed by atoms with Crippen molar-refractivity contribution in [2.24, 2.45) is 0 Å². The number of para-hydroxylation sites is 2. The fourth-order valence-corrected chi connectivity index (χ4v) is 17.6. The van der Waals surface area contributed by atoms with Crippen molar-refractivity contribution in [2.45, 2.75) is 0 Å². The van der Waals surface area contributed by atoms with Gasteiger partial charge in [-0.3, -0.25) is 0 Å². The minimum absolute atomic E-state index is 0.597. The third-order valence-electron chi connectivity index (χ3n) is 23.1. The highest BCUT2D eigenvalue weighted by molar-refractivity contribution is 7.25. The van der Waals surface area contributed by atoms with Gasteiger partial charge in [0.05, 0.1) is 0 Å². The second kappa shape index (κ2) is 33.8. The molecule has 11 nitrogen and oxygen atoms in total. The molecule has 127 heavy (non-hydrogen) atoms. The van der Waals surface area contributed by atoms with Crippen molar-refractivity contribution in [3.63, 3.8) is 0 Å². The molecule has 24 rings (SSSR count). The molecule has 0 radical (unpaired) electrons. The molecule has 0 aliphatic heterocycles. The van der Waals surface area contributed by atoms with Gasteiger partial charge in [-0.25, -0.2) is 44.9 Å². The SMILES string of the molecule is c1ccc(-c2ccc(-c3nc(-c4ccc(-c5ccccc5)cc4)nc(-c4ccc5c(c4)oc4ccccc45)n3)cc2)cc1.c1ccc(-c2ccc(-c3nc(-c4cccc(-c5ccccc5)c4)nc(-c4ccc5c(c4)oc4ccccc45)n3)cc2)cc1.c1ccc(-c2nc(-c3ccc(-c4ccc5ccccc5c4)cc3)nc(-c3ccc4c(c3)sc3ccccc34)n2)cc1. The highest BCUT2D eigenvalue weighted by Gasteiger charge is 2.21. The van der Waals surface area contributed by atoms with Gasteiger partial charge in [0.15, 0.2) is 52.4 Å². The Balaban J connectivity index is 0.000000113. The monoisotopic (exact) mass is 1640 g/mol. The highest BCUT2D eigenvalue weighted by Crippen LogP contribution is 2.41. The van der Waals surface area contributed by atoms with Crippen LogP contribution in [0.5, 0.6) is 0 Å². The smallest absolute Gasteiger partial charge is 0.164 e. The summed E-state index contributed by atoms with van der Waals surface area (Å²) in [6.45, 7) is 0. The summed E-state index contributed by atoms with van der Waals surface area (Å²) in [6, 6.07) is 152. The first-order valence-electron chi connectivity index (χ1n) is 42.2. The van der Waals surface area contributed by atoms with E-state index in [9.17, 15) is 0 Å². The number of furan rings is 2. The van der Waals surface area contributed by atoms with E-state index in [0.29, 0.717) is 52.4 Å². The van der Waals surface area contributed by atoms with Crippen LogP contribution in [0.4, 0.5) is 0 Å². The first kappa shape index (κ1) is 76.2. The Morgan fingerprint density at radius 1 is 0.134 bits per heavy atom. The van der Waals surface area contributed by atoms with Gasteiger partial charge < -0.3 is 8.83 Å². The standard InChI is InChI=1S/2C39H25N3O.C37H23N3S/c1-3-10-26(11-4-1)28-18-20-29(21-19-28)37-40-38(31-15-9-14-30(24-31)27-12-5-2-6-13-27)42-39(41-37)32-22-23-34-33-16-7-8-17-35(33)43-36(34)25-32;1-3-9-26(10-4-1)28-15-19-30(20-16-28)37-40-38(31-21-17-29(18-22-31)27-11-5-2-6-12-27)42-39(41-37)32-23-24-34-33-13-7-8-14-35(33)43-36(34)25-32;1-2-9-26(10-3-1)35-38-36(27-17-14-25(15-18-27)29-19-16-24-8-4-5-11-28(24)22-29)40-37(39-35)30-20-21-32-31-12-6-7-13-33(31)41-34(32)23-30/h2*1-25H;1-23H. The largest absolute Gasteiger partial charge is 0.456 e.